The van der Waals surface area contributed by atoms with Crippen molar-refractivity contribution in [3.63, 3.8) is 0 Å². The van der Waals surface area contributed by atoms with Crippen molar-refractivity contribution in [3.05, 3.63) is 51.3 Å². The molecule has 0 bridgehead atoms. The largest absolute Gasteiger partial charge is 0.351 e. The lowest BCUT2D eigenvalue weighted by Gasteiger charge is -2.01. The van der Waals surface area contributed by atoms with Crippen LogP contribution in [0.2, 0.25) is 0 Å². The van der Waals surface area contributed by atoms with Crippen molar-refractivity contribution in [1.82, 2.24) is 15.1 Å². The summed E-state index contributed by atoms with van der Waals surface area (Å²) in [5.41, 5.74) is 2.27. The van der Waals surface area contributed by atoms with Crippen LogP contribution in [0.5, 0.6) is 0 Å². The average Bonchev–Trinajstić information content (AvgIpc) is 3.19. The standard InChI is InChI=1S/C16H17N3OS2/c1-11-7-15(21-10-11)16(20)17-6-5-13-3-4-14(22-13)12-8-18-19(2)9-12/h3-4,7-10H,5-6H2,1-2H3,(H,17,20). The summed E-state index contributed by atoms with van der Waals surface area (Å²) in [6, 6.07) is 6.15. The van der Waals surface area contributed by atoms with E-state index in [0.717, 1.165) is 22.4 Å². The molecule has 0 aliphatic heterocycles. The summed E-state index contributed by atoms with van der Waals surface area (Å²) in [4.78, 5) is 15.2. The Morgan fingerprint density at radius 3 is 2.95 bits per heavy atom. The summed E-state index contributed by atoms with van der Waals surface area (Å²) >= 11 is 3.24. The number of hydrogen-bond acceptors (Lipinski definition) is 4. The van der Waals surface area contributed by atoms with Crippen LogP contribution in [0, 0.1) is 6.92 Å². The third-order valence-corrected chi connectivity index (χ3v) is 5.50. The lowest BCUT2D eigenvalue weighted by molar-refractivity contribution is 0.0958. The number of aryl methyl sites for hydroxylation is 2. The molecule has 3 aromatic rings. The molecule has 0 aliphatic rings. The van der Waals surface area contributed by atoms with Crippen LogP contribution in [0.15, 0.2) is 36.0 Å². The third kappa shape index (κ3) is 3.45. The second-order valence-electron chi connectivity index (χ2n) is 5.16. The summed E-state index contributed by atoms with van der Waals surface area (Å²) in [5.74, 6) is 0.0159. The Bertz CT molecular complexity index is 785. The first kappa shape index (κ1) is 15.0. The van der Waals surface area contributed by atoms with Gasteiger partial charge in [-0.05, 0) is 42.5 Å². The summed E-state index contributed by atoms with van der Waals surface area (Å²) in [6.07, 6.45) is 4.73. The molecule has 114 valence electrons. The quantitative estimate of drug-likeness (QED) is 0.778. The van der Waals surface area contributed by atoms with Crippen LogP contribution in [0.25, 0.3) is 10.4 Å². The van der Waals surface area contributed by atoms with Crippen LogP contribution in [0.3, 0.4) is 0 Å². The molecule has 6 heteroatoms. The van der Waals surface area contributed by atoms with Crippen molar-refractivity contribution >= 4 is 28.6 Å². The highest BCUT2D eigenvalue weighted by molar-refractivity contribution is 7.15. The molecule has 3 aromatic heterocycles. The van der Waals surface area contributed by atoms with Gasteiger partial charge in [-0.3, -0.25) is 9.48 Å². The van der Waals surface area contributed by atoms with Crippen molar-refractivity contribution in [1.29, 1.82) is 0 Å². The molecule has 22 heavy (non-hydrogen) atoms. The number of carbonyl (C=O) groups is 1. The predicted molar refractivity (Wildman–Crippen MR) is 91.6 cm³/mol. The second kappa shape index (κ2) is 6.46. The van der Waals surface area contributed by atoms with E-state index in [-0.39, 0.29) is 5.91 Å². The fraction of sp³-hybridized carbons (Fsp3) is 0.250. The predicted octanol–water partition coefficient (Wildman–Crippen LogP) is 3.49. The number of hydrogen-bond donors (Lipinski definition) is 1. The number of thiophene rings is 2. The molecular weight excluding hydrogens is 314 g/mol. The maximum atomic E-state index is 12.0. The van der Waals surface area contributed by atoms with Crippen molar-refractivity contribution < 1.29 is 4.79 Å². The monoisotopic (exact) mass is 331 g/mol. The molecule has 3 rings (SSSR count). The fourth-order valence-corrected chi connectivity index (χ4v) is 3.95. The molecule has 0 fully saturated rings. The van der Waals surface area contributed by atoms with Gasteiger partial charge in [-0.25, -0.2) is 0 Å². The zero-order chi connectivity index (χ0) is 15.5. The van der Waals surface area contributed by atoms with Gasteiger partial charge >= 0.3 is 0 Å². The Hall–Kier alpha value is -1.92. The van der Waals surface area contributed by atoms with Gasteiger partial charge in [0.25, 0.3) is 5.91 Å². The second-order valence-corrected chi connectivity index (χ2v) is 7.24. The molecule has 3 heterocycles. The Balaban J connectivity index is 1.54. The summed E-state index contributed by atoms with van der Waals surface area (Å²) < 4.78 is 1.80. The van der Waals surface area contributed by atoms with Gasteiger partial charge in [-0.2, -0.15) is 5.10 Å². The van der Waals surface area contributed by atoms with E-state index in [1.54, 1.807) is 16.0 Å². The van der Waals surface area contributed by atoms with E-state index in [2.05, 4.69) is 22.5 Å². The molecule has 4 nitrogen and oxygen atoms in total. The maximum Gasteiger partial charge on any atom is 0.261 e. The van der Waals surface area contributed by atoms with Gasteiger partial charge in [0.2, 0.25) is 0 Å². The highest BCUT2D eigenvalue weighted by Crippen LogP contribution is 2.27. The number of nitrogens with one attached hydrogen (secondary N) is 1. The molecule has 0 saturated carbocycles. The first-order valence-corrected chi connectivity index (χ1v) is 8.72. The third-order valence-electron chi connectivity index (χ3n) is 3.26. The number of nitrogens with zero attached hydrogens (tertiary/aromatic N) is 2. The molecule has 0 aliphatic carbocycles. The minimum absolute atomic E-state index is 0.0159. The van der Waals surface area contributed by atoms with Crippen LogP contribution >= 0.6 is 22.7 Å². The van der Waals surface area contributed by atoms with E-state index >= 15 is 0 Å². The number of carbonyl (C=O) groups excluding carboxylic acids is 1. The van der Waals surface area contributed by atoms with E-state index in [4.69, 9.17) is 0 Å². The van der Waals surface area contributed by atoms with Crippen LogP contribution in [0.4, 0.5) is 0 Å². The number of aromatic nitrogens is 2. The summed E-state index contributed by atoms with van der Waals surface area (Å²) in [6.45, 7) is 2.65. The van der Waals surface area contributed by atoms with Gasteiger partial charge in [-0.15, -0.1) is 22.7 Å². The Labute approximate surface area is 137 Å². The number of rotatable bonds is 5. The smallest absolute Gasteiger partial charge is 0.261 e. The maximum absolute atomic E-state index is 12.0. The van der Waals surface area contributed by atoms with Gasteiger partial charge in [0.05, 0.1) is 11.1 Å². The lowest BCUT2D eigenvalue weighted by Crippen LogP contribution is -2.24. The average molecular weight is 331 g/mol. The first-order valence-electron chi connectivity index (χ1n) is 7.03. The van der Waals surface area contributed by atoms with Gasteiger partial charge in [0.1, 0.15) is 0 Å². The Morgan fingerprint density at radius 2 is 2.27 bits per heavy atom. The van der Waals surface area contributed by atoms with E-state index in [1.807, 2.05) is 37.8 Å². The van der Waals surface area contributed by atoms with E-state index in [9.17, 15) is 4.79 Å². The highest BCUT2D eigenvalue weighted by atomic mass is 32.1. The highest BCUT2D eigenvalue weighted by Gasteiger charge is 2.08. The van der Waals surface area contributed by atoms with Crippen LogP contribution in [-0.2, 0) is 13.5 Å². The first-order chi connectivity index (χ1) is 10.6. The van der Waals surface area contributed by atoms with Gasteiger partial charge in [-0.1, -0.05) is 0 Å². The SMILES string of the molecule is Cc1csc(C(=O)NCCc2ccc(-c3cnn(C)c3)s2)c1. The van der Waals surface area contributed by atoms with E-state index < -0.39 is 0 Å². The van der Waals surface area contributed by atoms with Gasteiger partial charge in [0.15, 0.2) is 0 Å². The van der Waals surface area contributed by atoms with E-state index in [1.165, 1.54) is 21.1 Å². The lowest BCUT2D eigenvalue weighted by atomic mass is 10.3. The van der Waals surface area contributed by atoms with E-state index in [0.29, 0.717) is 6.54 Å². The Kier molecular flexibility index (Phi) is 4.40. The van der Waals surface area contributed by atoms with Crippen molar-refractivity contribution in [2.24, 2.45) is 7.05 Å². The minimum atomic E-state index is 0.0159. The van der Waals surface area contributed by atoms with Crippen LogP contribution in [-0.4, -0.2) is 22.2 Å². The molecule has 1 amide bonds. The van der Waals surface area contributed by atoms with Gasteiger partial charge < -0.3 is 5.32 Å². The van der Waals surface area contributed by atoms with Crippen LogP contribution < -0.4 is 5.32 Å². The Morgan fingerprint density at radius 1 is 1.41 bits per heavy atom. The molecule has 1 N–H and O–H groups in total. The molecule has 0 atom stereocenters. The fourth-order valence-electron chi connectivity index (χ4n) is 2.15. The minimum Gasteiger partial charge on any atom is -0.351 e. The zero-order valence-electron chi connectivity index (χ0n) is 12.5. The molecule has 0 aromatic carbocycles. The normalized spacial score (nSPS) is 10.8. The number of amides is 1. The topological polar surface area (TPSA) is 46.9 Å². The molecule has 0 spiro atoms. The molecule has 0 radical (unpaired) electrons. The molecular formula is C16H17N3OS2. The summed E-state index contributed by atoms with van der Waals surface area (Å²) in [5, 5.41) is 9.16. The van der Waals surface area contributed by atoms with Crippen molar-refractivity contribution in [2.75, 3.05) is 6.54 Å². The van der Waals surface area contributed by atoms with Crippen LogP contribution in [0.1, 0.15) is 20.1 Å². The summed E-state index contributed by atoms with van der Waals surface area (Å²) in [7, 11) is 1.92. The van der Waals surface area contributed by atoms with Crippen molar-refractivity contribution in [2.45, 2.75) is 13.3 Å². The van der Waals surface area contributed by atoms with Crippen molar-refractivity contribution in [3.8, 4) is 10.4 Å². The zero-order valence-corrected chi connectivity index (χ0v) is 14.1. The molecule has 0 unspecified atom stereocenters. The van der Waals surface area contributed by atoms with Gasteiger partial charge in [0, 0.05) is 35.1 Å². The molecule has 0 saturated heterocycles.